The molecule has 6 heteroatoms. The minimum atomic E-state index is 0.362. The average molecular weight is 428 g/mol. The fraction of sp³-hybridized carbons (Fsp3) is 0.346. The Morgan fingerprint density at radius 1 is 0.938 bits per heavy atom. The summed E-state index contributed by atoms with van der Waals surface area (Å²) >= 11 is 0. The van der Waals surface area contributed by atoms with Crippen LogP contribution in [0.5, 0.6) is 11.8 Å². The van der Waals surface area contributed by atoms with E-state index in [0.717, 1.165) is 66.0 Å². The van der Waals surface area contributed by atoms with Gasteiger partial charge in [-0.25, -0.2) is 4.98 Å². The van der Waals surface area contributed by atoms with E-state index < -0.39 is 0 Å². The first-order valence-corrected chi connectivity index (χ1v) is 11.4. The number of aryl methyl sites for hydroxylation is 3. The van der Waals surface area contributed by atoms with Crippen LogP contribution >= 0.6 is 0 Å². The van der Waals surface area contributed by atoms with Gasteiger partial charge in [-0.1, -0.05) is 48.0 Å². The molecule has 0 unspecified atom stereocenters. The maximum absolute atomic E-state index is 6.02. The van der Waals surface area contributed by atoms with E-state index in [1.807, 2.05) is 37.3 Å². The monoisotopic (exact) mass is 427 g/mol. The number of rotatable bonds is 6. The predicted molar refractivity (Wildman–Crippen MR) is 127 cm³/mol. The minimum absolute atomic E-state index is 0.362. The number of piperidine rings is 1. The summed E-state index contributed by atoms with van der Waals surface area (Å²) in [6.45, 7) is 7.13. The highest BCUT2D eigenvalue weighted by molar-refractivity contribution is 5.79. The smallest absolute Gasteiger partial charge is 0.324 e. The Hall–Kier alpha value is -3.25. The molecule has 0 radical (unpaired) electrons. The van der Waals surface area contributed by atoms with Crippen LogP contribution < -0.4 is 10.1 Å². The van der Waals surface area contributed by atoms with Crippen LogP contribution in [0.1, 0.15) is 30.5 Å². The van der Waals surface area contributed by atoms with E-state index in [1.54, 1.807) is 0 Å². The summed E-state index contributed by atoms with van der Waals surface area (Å²) < 4.78 is 8.27. The molecule has 164 valence electrons. The number of hydrogen-bond acceptors (Lipinski definition) is 5. The highest BCUT2D eigenvalue weighted by atomic mass is 16.5. The number of nitrogens with one attached hydrogen (secondary N) is 1. The van der Waals surface area contributed by atoms with E-state index >= 15 is 0 Å². The van der Waals surface area contributed by atoms with E-state index in [-0.39, 0.29) is 0 Å². The maximum atomic E-state index is 6.02. The van der Waals surface area contributed by atoms with Gasteiger partial charge in [0, 0.05) is 12.1 Å². The van der Waals surface area contributed by atoms with Gasteiger partial charge in [-0.3, -0.25) is 0 Å². The Kier molecular flexibility index (Phi) is 5.86. The van der Waals surface area contributed by atoms with Crippen molar-refractivity contribution in [3.8, 4) is 23.1 Å². The lowest BCUT2D eigenvalue weighted by Crippen LogP contribution is -2.28. The average Bonchev–Trinajstić information content (AvgIpc) is 3.19. The van der Waals surface area contributed by atoms with Crippen LogP contribution in [-0.4, -0.2) is 32.6 Å². The molecule has 0 spiro atoms. The van der Waals surface area contributed by atoms with Crippen LogP contribution in [0.4, 0.5) is 0 Å². The normalized spacial score (nSPS) is 14.7. The summed E-state index contributed by atoms with van der Waals surface area (Å²) in [5, 5.41) is 3.46. The second kappa shape index (κ2) is 9.09. The number of imidazole rings is 1. The third-order valence-electron chi connectivity index (χ3n) is 6.23. The van der Waals surface area contributed by atoms with Gasteiger partial charge in [-0.05, 0) is 64.3 Å². The van der Waals surface area contributed by atoms with E-state index in [4.69, 9.17) is 14.7 Å². The molecule has 0 saturated carbocycles. The second-order valence-corrected chi connectivity index (χ2v) is 8.61. The van der Waals surface area contributed by atoms with Crippen LogP contribution in [0.25, 0.3) is 22.6 Å². The van der Waals surface area contributed by atoms with E-state index in [9.17, 15) is 0 Å². The third kappa shape index (κ3) is 4.36. The Labute approximate surface area is 188 Å². The third-order valence-corrected chi connectivity index (χ3v) is 6.23. The van der Waals surface area contributed by atoms with Crippen molar-refractivity contribution in [1.82, 2.24) is 24.8 Å². The lowest BCUT2D eigenvalue weighted by Gasteiger charge is -2.23. The highest BCUT2D eigenvalue weighted by Crippen LogP contribution is 2.29. The molecule has 0 atom stereocenters. The molecule has 0 amide bonds. The van der Waals surface area contributed by atoms with Crippen LogP contribution in [0.2, 0.25) is 0 Å². The molecule has 2 aromatic carbocycles. The van der Waals surface area contributed by atoms with Gasteiger partial charge in [0.15, 0.2) is 5.65 Å². The minimum Gasteiger partial charge on any atom is -0.424 e. The summed E-state index contributed by atoms with van der Waals surface area (Å²) in [5.41, 5.74) is 4.79. The Morgan fingerprint density at radius 2 is 1.69 bits per heavy atom. The molecule has 1 aliphatic heterocycles. The molecule has 0 aliphatic carbocycles. The molecule has 1 aliphatic rings. The number of nitrogens with zero attached hydrogens (tertiary/aromatic N) is 4. The second-order valence-electron chi connectivity index (χ2n) is 8.61. The summed E-state index contributed by atoms with van der Waals surface area (Å²) in [5.74, 6) is 2.40. The zero-order valence-corrected chi connectivity index (χ0v) is 18.7. The van der Waals surface area contributed by atoms with Crippen molar-refractivity contribution in [3.63, 3.8) is 0 Å². The van der Waals surface area contributed by atoms with Gasteiger partial charge in [0.05, 0.1) is 5.69 Å². The van der Waals surface area contributed by atoms with Crippen molar-refractivity contribution in [2.24, 2.45) is 5.92 Å². The van der Waals surface area contributed by atoms with Crippen LogP contribution in [0, 0.1) is 19.8 Å². The summed E-state index contributed by atoms with van der Waals surface area (Å²) in [6.07, 6.45) is 3.57. The summed E-state index contributed by atoms with van der Waals surface area (Å²) in [7, 11) is 0. The quantitative estimate of drug-likeness (QED) is 0.453. The Bertz CT molecular complexity index is 1190. The van der Waals surface area contributed by atoms with Gasteiger partial charge in [0.1, 0.15) is 17.1 Å². The van der Waals surface area contributed by atoms with Gasteiger partial charge < -0.3 is 14.6 Å². The first-order valence-electron chi connectivity index (χ1n) is 11.4. The molecule has 0 bridgehead atoms. The molecular weight excluding hydrogens is 398 g/mol. The van der Waals surface area contributed by atoms with Gasteiger partial charge in [0.2, 0.25) is 0 Å². The van der Waals surface area contributed by atoms with E-state index in [2.05, 4.69) is 46.1 Å². The highest BCUT2D eigenvalue weighted by Gasteiger charge is 2.20. The summed E-state index contributed by atoms with van der Waals surface area (Å²) in [6, 6.07) is 18.7. The van der Waals surface area contributed by atoms with Gasteiger partial charge in [-0.15, -0.1) is 0 Å². The molecule has 5 rings (SSSR count). The number of hydrogen-bond donors (Lipinski definition) is 1. The first kappa shape index (κ1) is 20.6. The molecule has 1 fully saturated rings. The number of aromatic nitrogens is 4. The maximum Gasteiger partial charge on any atom is 0.324 e. The molecule has 1 N–H and O–H groups in total. The fourth-order valence-electron chi connectivity index (χ4n) is 4.37. The lowest BCUT2D eigenvalue weighted by molar-refractivity contribution is 0.339. The van der Waals surface area contributed by atoms with E-state index in [0.29, 0.717) is 6.01 Å². The molecule has 32 heavy (non-hydrogen) atoms. The number of benzene rings is 2. The first-order chi connectivity index (χ1) is 15.7. The Morgan fingerprint density at radius 3 is 2.44 bits per heavy atom. The lowest BCUT2D eigenvalue weighted by atomic mass is 9.95. The molecule has 4 aromatic rings. The molecule has 6 nitrogen and oxygen atoms in total. The zero-order chi connectivity index (χ0) is 21.9. The molecule has 3 heterocycles. The molecule has 1 saturated heterocycles. The van der Waals surface area contributed by atoms with Crippen molar-refractivity contribution >= 4 is 11.2 Å². The zero-order valence-electron chi connectivity index (χ0n) is 18.7. The number of fused-ring (bicyclic) bond motifs is 1. The van der Waals surface area contributed by atoms with E-state index in [1.165, 1.54) is 18.4 Å². The van der Waals surface area contributed by atoms with Crippen molar-refractivity contribution in [3.05, 3.63) is 65.9 Å². The van der Waals surface area contributed by atoms with Crippen LogP contribution in [0.3, 0.4) is 0 Å². The summed E-state index contributed by atoms with van der Waals surface area (Å²) in [4.78, 5) is 14.4. The molecular formula is C26H29N5O. The van der Waals surface area contributed by atoms with Crippen molar-refractivity contribution < 1.29 is 4.74 Å². The molecule has 2 aromatic heterocycles. The fourth-order valence-corrected chi connectivity index (χ4v) is 4.37. The topological polar surface area (TPSA) is 64.9 Å². The van der Waals surface area contributed by atoms with Gasteiger partial charge in [0.25, 0.3) is 0 Å². The largest absolute Gasteiger partial charge is 0.424 e. The van der Waals surface area contributed by atoms with Crippen molar-refractivity contribution in [1.29, 1.82) is 0 Å². The SMILES string of the molecule is Cc1ccc(Oc2nc(C)c3nc(-c4ccccc4)n(CCC4CCNCC4)c3n2)cc1. The predicted octanol–water partition coefficient (Wildman–Crippen LogP) is 5.29. The van der Waals surface area contributed by atoms with Crippen molar-refractivity contribution in [2.75, 3.05) is 13.1 Å². The van der Waals surface area contributed by atoms with Crippen molar-refractivity contribution in [2.45, 2.75) is 39.7 Å². The number of ether oxygens (including phenoxy) is 1. The van der Waals surface area contributed by atoms with Gasteiger partial charge in [-0.2, -0.15) is 9.97 Å². The standard InChI is InChI=1S/C26H29N5O/c1-18-8-10-22(11-9-18)32-26-28-19(2)23-25(30-26)31(17-14-20-12-15-27-16-13-20)24(29-23)21-6-4-3-5-7-21/h3-11,20,27H,12-17H2,1-2H3. The van der Waals surface area contributed by atoms with Gasteiger partial charge >= 0.3 is 6.01 Å². The van der Waals surface area contributed by atoms with Crippen LogP contribution in [0.15, 0.2) is 54.6 Å². The Balaban J connectivity index is 1.54. The van der Waals surface area contributed by atoms with Crippen LogP contribution in [-0.2, 0) is 6.54 Å².